The zero-order valence-corrected chi connectivity index (χ0v) is 23.0. The van der Waals surface area contributed by atoms with Crippen molar-refractivity contribution >= 4 is 9.84 Å². The highest BCUT2D eigenvalue weighted by atomic mass is 32.2. The van der Waals surface area contributed by atoms with E-state index in [0.29, 0.717) is 30.1 Å². The molecule has 0 N–H and O–H groups in total. The molecule has 3 aliphatic rings. The Kier molecular flexibility index (Phi) is 11.6. The fraction of sp³-hybridized carbons (Fsp3) is 1.00. The highest BCUT2D eigenvalue weighted by molar-refractivity contribution is 7.91. The van der Waals surface area contributed by atoms with Gasteiger partial charge in [0, 0.05) is 42.7 Å². The third-order valence-electron chi connectivity index (χ3n) is 5.79. The molecule has 0 amide bonds. The molecule has 0 atom stereocenters. The molecule has 3 heterocycles. The smallest absolute Gasteiger partial charge is 0.162 e. The number of hydrogen-bond acceptors (Lipinski definition) is 7. The minimum Gasteiger partial charge on any atom is -0.379 e. The van der Waals surface area contributed by atoms with Crippen LogP contribution in [0.25, 0.3) is 0 Å². The van der Waals surface area contributed by atoms with Crippen LogP contribution in [0.5, 0.6) is 0 Å². The van der Waals surface area contributed by atoms with Crippen molar-refractivity contribution in [2.75, 3.05) is 64.1 Å². The molecule has 0 radical (unpaired) electrons. The monoisotopic (exact) mass is 478 g/mol. The molecule has 0 spiro atoms. The van der Waals surface area contributed by atoms with Crippen molar-refractivity contribution in [3.8, 4) is 0 Å². The number of nitrogens with zero attached hydrogens (tertiary/aromatic N) is 2. The highest BCUT2D eigenvalue weighted by Crippen LogP contribution is 2.25. The number of rotatable bonds is 0. The predicted molar refractivity (Wildman–Crippen MR) is 132 cm³/mol. The molecule has 0 unspecified atom stereocenters. The molecule has 0 bridgehead atoms. The van der Waals surface area contributed by atoms with E-state index in [0.717, 1.165) is 45.9 Å². The molecule has 3 rings (SSSR count). The van der Waals surface area contributed by atoms with Crippen LogP contribution in [-0.4, -0.2) is 99.7 Å². The SMILES string of the molecule is CC(C)(C)C1OCCCO1.CC(C)(C)N1CCOCC1.CC(C)(C)N1CCS(=O)(=O)CC1. The van der Waals surface area contributed by atoms with Gasteiger partial charge < -0.3 is 14.2 Å². The van der Waals surface area contributed by atoms with Gasteiger partial charge in [0.1, 0.15) is 0 Å². The van der Waals surface area contributed by atoms with Gasteiger partial charge in [0.15, 0.2) is 16.1 Å². The summed E-state index contributed by atoms with van der Waals surface area (Å²) in [6.45, 7) is 26.5. The summed E-state index contributed by atoms with van der Waals surface area (Å²) in [5.41, 5.74) is 0.556. The van der Waals surface area contributed by atoms with Crippen molar-refractivity contribution in [3.05, 3.63) is 0 Å². The minimum atomic E-state index is -2.72. The van der Waals surface area contributed by atoms with Crippen molar-refractivity contribution in [3.63, 3.8) is 0 Å². The van der Waals surface area contributed by atoms with Crippen molar-refractivity contribution in [1.29, 1.82) is 0 Å². The summed E-state index contributed by atoms with van der Waals surface area (Å²) in [6, 6.07) is 0. The summed E-state index contributed by atoms with van der Waals surface area (Å²) >= 11 is 0. The first-order valence-corrected chi connectivity index (χ1v) is 13.9. The van der Waals surface area contributed by atoms with Gasteiger partial charge in [0.25, 0.3) is 0 Å². The van der Waals surface area contributed by atoms with Gasteiger partial charge in [-0.3, -0.25) is 9.80 Å². The van der Waals surface area contributed by atoms with Crippen LogP contribution in [0.1, 0.15) is 68.7 Å². The Hall–Kier alpha value is -0.250. The maximum Gasteiger partial charge on any atom is 0.162 e. The van der Waals surface area contributed by atoms with Crippen LogP contribution < -0.4 is 0 Å². The Bertz CT molecular complexity index is 578. The van der Waals surface area contributed by atoms with Gasteiger partial charge in [0.05, 0.1) is 37.9 Å². The maximum absolute atomic E-state index is 11.1. The lowest BCUT2D eigenvalue weighted by Gasteiger charge is -2.38. The Labute approximate surface area is 198 Å². The van der Waals surface area contributed by atoms with Crippen LogP contribution in [0.3, 0.4) is 0 Å². The first-order chi connectivity index (χ1) is 14.5. The molecule has 0 aliphatic carbocycles. The van der Waals surface area contributed by atoms with E-state index in [1.54, 1.807) is 0 Å². The number of sulfone groups is 1. The van der Waals surface area contributed by atoms with E-state index in [2.05, 4.69) is 72.1 Å². The molecule has 3 saturated heterocycles. The predicted octanol–water partition coefficient (Wildman–Crippen LogP) is 3.43. The minimum absolute atomic E-state index is 0.00116. The van der Waals surface area contributed by atoms with Crippen LogP contribution in [0, 0.1) is 5.41 Å². The van der Waals surface area contributed by atoms with Gasteiger partial charge in [-0.25, -0.2) is 8.42 Å². The largest absolute Gasteiger partial charge is 0.379 e. The first kappa shape index (κ1) is 29.8. The second-order valence-electron chi connectivity index (χ2n) is 11.9. The molecular formula is C24H50N2O5S. The van der Waals surface area contributed by atoms with E-state index < -0.39 is 9.84 Å². The summed E-state index contributed by atoms with van der Waals surface area (Å²) < 4.78 is 38.3. The molecular weight excluding hydrogens is 428 g/mol. The van der Waals surface area contributed by atoms with Gasteiger partial charge in [-0.1, -0.05) is 20.8 Å². The molecule has 8 heteroatoms. The molecule has 32 heavy (non-hydrogen) atoms. The lowest BCUT2D eigenvalue weighted by Crippen LogP contribution is -2.49. The Balaban J connectivity index is 0.000000241. The molecule has 192 valence electrons. The van der Waals surface area contributed by atoms with Crippen LogP contribution in [0.15, 0.2) is 0 Å². The molecule has 0 aromatic carbocycles. The van der Waals surface area contributed by atoms with Crippen LogP contribution in [0.2, 0.25) is 0 Å². The highest BCUT2D eigenvalue weighted by Gasteiger charge is 2.29. The van der Waals surface area contributed by atoms with Crippen LogP contribution in [0.4, 0.5) is 0 Å². The zero-order chi connectivity index (χ0) is 24.6. The number of hydrogen-bond donors (Lipinski definition) is 0. The number of ether oxygens (including phenoxy) is 3. The van der Waals surface area contributed by atoms with E-state index in [9.17, 15) is 8.42 Å². The fourth-order valence-corrected chi connectivity index (χ4v) is 4.81. The molecule has 3 fully saturated rings. The lowest BCUT2D eigenvalue weighted by atomic mass is 9.95. The molecule has 0 aromatic heterocycles. The second kappa shape index (κ2) is 12.5. The molecule has 0 saturated carbocycles. The maximum atomic E-state index is 11.1. The van der Waals surface area contributed by atoms with E-state index >= 15 is 0 Å². The normalized spacial score (nSPS) is 24.0. The van der Waals surface area contributed by atoms with Gasteiger partial charge >= 0.3 is 0 Å². The van der Waals surface area contributed by atoms with Crippen molar-refractivity contribution < 1.29 is 22.6 Å². The van der Waals surface area contributed by atoms with E-state index in [1.807, 2.05) is 0 Å². The van der Waals surface area contributed by atoms with Gasteiger partial charge in [-0.15, -0.1) is 0 Å². The summed E-state index contributed by atoms with van der Waals surface area (Å²) in [5, 5.41) is 0. The van der Waals surface area contributed by atoms with E-state index in [4.69, 9.17) is 14.2 Å². The third kappa shape index (κ3) is 11.7. The lowest BCUT2D eigenvalue weighted by molar-refractivity contribution is -0.224. The molecule has 3 aliphatic heterocycles. The molecule has 7 nitrogen and oxygen atoms in total. The Morgan fingerprint density at radius 3 is 1.38 bits per heavy atom. The Morgan fingerprint density at radius 2 is 1.06 bits per heavy atom. The van der Waals surface area contributed by atoms with Crippen LogP contribution >= 0.6 is 0 Å². The Morgan fingerprint density at radius 1 is 0.656 bits per heavy atom. The van der Waals surface area contributed by atoms with Crippen molar-refractivity contribution in [2.24, 2.45) is 5.41 Å². The number of morpholine rings is 1. The first-order valence-electron chi connectivity index (χ1n) is 12.0. The fourth-order valence-electron chi connectivity index (χ4n) is 3.61. The standard InChI is InChI=1S/C8H17NO2S.C8H17NO.C8H16O2/c1-8(2,3)9-4-6-12(10,11)7-5-9;1-8(2,3)9-4-6-10-7-5-9;1-8(2,3)7-9-5-4-6-10-7/h4-7H2,1-3H3;4-7H2,1-3H3;7H,4-6H2,1-3H3. The average molecular weight is 479 g/mol. The van der Waals surface area contributed by atoms with Gasteiger partial charge in [-0.05, 0) is 48.0 Å². The van der Waals surface area contributed by atoms with Gasteiger partial charge in [-0.2, -0.15) is 0 Å². The van der Waals surface area contributed by atoms with E-state index in [-0.39, 0.29) is 17.2 Å². The van der Waals surface area contributed by atoms with Gasteiger partial charge in [0.2, 0.25) is 0 Å². The van der Waals surface area contributed by atoms with Crippen LogP contribution in [-0.2, 0) is 24.0 Å². The average Bonchev–Trinajstić information content (AvgIpc) is 2.68. The quantitative estimate of drug-likeness (QED) is 0.528. The summed E-state index contributed by atoms with van der Waals surface area (Å²) in [7, 11) is -2.72. The zero-order valence-electron chi connectivity index (χ0n) is 22.2. The second-order valence-corrected chi connectivity index (χ2v) is 14.2. The summed E-state index contributed by atoms with van der Waals surface area (Å²) in [6.07, 6.45) is 1.04. The third-order valence-corrected chi connectivity index (χ3v) is 7.40. The topological polar surface area (TPSA) is 68.3 Å². The van der Waals surface area contributed by atoms with Crippen molar-refractivity contribution in [1.82, 2.24) is 9.80 Å². The summed E-state index contributed by atoms with van der Waals surface area (Å²) in [5.74, 6) is 0.647. The van der Waals surface area contributed by atoms with Crippen molar-refractivity contribution in [2.45, 2.75) is 86.1 Å². The summed E-state index contributed by atoms with van der Waals surface area (Å²) in [4.78, 5) is 4.67. The molecule has 0 aromatic rings. The van der Waals surface area contributed by atoms with E-state index in [1.165, 1.54) is 0 Å².